The average Bonchev–Trinajstić information content (AvgIpc) is 3.05. The Morgan fingerprint density at radius 2 is 2.37 bits per heavy atom. The summed E-state index contributed by atoms with van der Waals surface area (Å²) in [6, 6.07) is 5.63. The number of fused-ring (bicyclic) bond motifs is 1. The largest absolute Gasteiger partial charge is 0.377 e. The lowest BCUT2D eigenvalue weighted by Crippen LogP contribution is -2.23. The molecule has 0 bridgehead atoms. The lowest BCUT2D eigenvalue weighted by Gasteiger charge is -2.15. The average molecular weight is 278 g/mol. The van der Waals surface area contributed by atoms with E-state index >= 15 is 0 Å². The Labute approximate surface area is 116 Å². The first kappa shape index (κ1) is 12.7. The Bertz CT molecular complexity index is 620. The molecule has 0 spiro atoms. The zero-order chi connectivity index (χ0) is 13.4. The first-order chi connectivity index (χ1) is 9.22. The number of ketones is 1. The van der Waals surface area contributed by atoms with E-state index in [0.29, 0.717) is 17.2 Å². The normalized spacial score (nSPS) is 23.1. The van der Waals surface area contributed by atoms with Crippen molar-refractivity contribution in [3.05, 3.63) is 35.0 Å². The maximum Gasteiger partial charge on any atom is 0.170 e. The maximum absolute atomic E-state index is 12.7. The topological polar surface area (TPSA) is 42.1 Å². The van der Waals surface area contributed by atoms with Crippen molar-refractivity contribution in [2.24, 2.45) is 5.92 Å². The van der Waals surface area contributed by atoms with Crippen molar-refractivity contribution in [1.82, 2.24) is 4.98 Å². The van der Waals surface area contributed by atoms with Crippen LogP contribution in [0, 0.1) is 5.92 Å². The highest BCUT2D eigenvalue weighted by molar-refractivity contribution is 6.37. The maximum atomic E-state index is 12.7. The first-order valence-electron chi connectivity index (χ1n) is 6.63. The van der Waals surface area contributed by atoms with E-state index in [1.165, 1.54) is 0 Å². The Morgan fingerprint density at radius 3 is 3.16 bits per heavy atom. The molecular weight excluding hydrogens is 262 g/mol. The fraction of sp³-hybridized carbons (Fsp3) is 0.400. The van der Waals surface area contributed by atoms with Crippen molar-refractivity contribution in [2.75, 3.05) is 6.61 Å². The summed E-state index contributed by atoms with van der Waals surface area (Å²) >= 11 is 6.22. The lowest BCUT2D eigenvalue weighted by molar-refractivity contribution is 0.0690. The van der Waals surface area contributed by atoms with E-state index in [0.717, 1.165) is 23.7 Å². The molecule has 1 saturated heterocycles. The second-order valence-electron chi connectivity index (χ2n) is 4.94. The van der Waals surface area contributed by atoms with Gasteiger partial charge in [0.15, 0.2) is 5.78 Å². The van der Waals surface area contributed by atoms with Crippen LogP contribution in [-0.2, 0) is 4.74 Å². The van der Waals surface area contributed by atoms with Crippen LogP contribution in [0.4, 0.5) is 0 Å². The molecule has 3 nitrogen and oxygen atoms in total. The summed E-state index contributed by atoms with van der Waals surface area (Å²) in [7, 11) is 0. The molecule has 1 aromatic carbocycles. The van der Waals surface area contributed by atoms with Crippen LogP contribution in [0.2, 0.25) is 5.02 Å². The Kier molecular flexibility index (Phi) is 3.33. The van der Waals surface area contributed by atoms with Gasteiger partial charge in [0.05, 0.1) is 17.0 Å². The van der Waals surface area contributed by atoms with E-state index in [1.54, 1.807) is 6.20 Å². The van der Waals surface area contributed by atoms with Crippen LogP contribution in [-0.4, -0.2) is 23.5 Å². The zero-order valence-corrected chi connectivity index (χ0v) is 11.5. The van der Waals surface area contributed by atoms with Crippen LogP contribution >= 0.6 is 11.6 Å². The van der Waals surface area contributed by atoms with Crippen LogP contribution in [0.25, 0.3) is 10.9 Å². The van der Waals surface area contributed by atoms with Gasteiger partial charge >= 0.3 is 0 Å². The van der Waals surface area contributed by atoms with Crippen molar-refractivity contribution < 1.29 is 9.53 Å². The second-order valence-corrected chi connectivity index (χ2v) is 5.35. The number of carbonyl (C=O) groups is 1. The number of Topliss-reactive ketones (excluding diaryl/α,β-unsaturated/α-hetero) is 1. The number of rotatable bonds is 3. The van der Waals surface area contributed by atoms with Gasteiger partial charge in [-0.2, -0.15) is 0 Å². The molecule has 0 amide bonds. The Balaban J connectivity index is 2.02. The molecule has 3 rings (SSSR count). The third kappa shape index (κ3) is 2.07. The van der Waals surface area contributed by atoms with E-state index in [4.69, 9.17) is 16.3 Å². The quantitative estimate of drug-likeness (QED) is 0.867. The highest BCUT2D eigenvalue weighted by atomic mass is 35.5. The number of aromatic amines is 1. The molecule has 0 aliphatic carbocycles. The molecule has 0 saturated carbocycles. The third-order valence-corrected chi connectivity index (χ3v) is 4.18. The van der Waals surface area contributed by atoms with Gasteiger partial charge in [-0.25, -0.2) is 0 Å². The summed E-state index contributed by atoms with van der Waals surface area (Å²) in [4.78, 5) is 15.8. The Morgan fingerprint density at radius 1 is 1.53 bits per heavy atom. The highest BCUT2D eigenvalue weighted by Gasteiger charge is 2.34. The minimum Gasteiger partial charge on any atom is -0.377 e. The molecule has 1 aliphatic heterocycles. The van der Waals surface area contributed by atoms with Gasteiger partial charge in [-0.1, -0.05) is 24.6 Å². The molecule has 1 aliphatic rings. The predicted octanol–water partition coefficient (Wildman–Crippen LogP) is 3.82. The Hall–Kier alpha value is -1.32. The fourth-order valence-electron chi connectivity index (χ4n) is 2.89. The molecule has 1 aromatic heterocycles. The van der Waals surface area contributed by atoms with Gasteiger partial charge in [0.2, 0.25) is 0 Å². The summed E-state index contributed by atoms with van der Waals surface area (Å²) in [6.45, 7) is 2.73. The number of carbonyl (C=O) groups excluding carboxylic acids is 1. The van der Waals surface area contributed by atoms with Gasteiger partial charge in [0.1, 0.15) is 0 Å². The molecule has 100 valence electrons. The lowest BCUT2D eigenvalue weighted by atomic mass is 9.90. The smallest absolute Gasteiger partial charge is 0.170 e. The van der Waals surface area contributed by atoms with Gasteiger partial charge in [-0.15, -0.1) is 0 Å². The van der Waals surface area contributed by atoms with Gasteiger partial charge in [0, 0.05) is 29.3 Å². The standard InChI is InChI=1S/C15H16ClNO2/c1-2-13-9(6-7-19-13)15(18)10-8-17-12-5-3-4-11(16)14(10)12/h3-5,8-9,13,17H,2,6-7H2,1H3. The van der Waals surface area contributed by atoms with Gasteiger partial charge in [-0.05, 0) is 25.0 Å². The van der Waals surface area contributed by atoms with E-state index in [1.807, 2.05) is 18.2 Å². The van der Waals surface area contributed by atoms with Crippen LogP contribution in [0.15, 0.2) is 24.4 Å². The van der Waals surface area contributed by atoms with Crippen molar-refractivity contribution in [3.63, 3.8) is 0 Å². The van der Waals surface area contributed by atoms with E-state index in [9.17, 15) is 4.79 Å². The van der Waals surface area contributed by atoms with Gasteiger partial charge in [0.25, 0.3) is 0 Å². The molecule has 2 heterocycles. The number of hydrogen-bond acceptors (Lipinski definition) is 2. The SMILES string of the molecule is CCC1OCCC1C(=O)c1c[nH]c2cccc(Cl)c12. The van der Waals surface area contributed by atoms with Crippen LogP contribution < -0.4 is 0 Å². The van der Waals surface area contributed by atoms with Crippen LogP contribution in [0.5, 0.6) is 0 Å². The molecule has 0 radical (unpaired) electrons. The van der Waals surface area contributed by atoms with E-state index < -0.39 is 0 Å². The number of benzene rings is 1. The highest BCUT2D eigenvalue weighted by Crippen LogP contribution is 2.32. The molecule has 2 atom stereocenters. The summed E-state index contributed by atoms with van der Waals surface area (Å²) in [5.41, 5.74) is 1.59. The number of ether oxygens (including phenoxy) is 1. The molecule has 1 N–H and O–H groups in total. The zero-order valence-electron chi connectivity index (χ0n) is 10.8. The van der Waals surface area contributed by atoms with Crippen molar-refractivity contribution >= 4 is 28.3 Å². The summed E-state index contributed by atoms with van der Waals surface area (Å²) in [6.07, 6.45) is 3.48. The third-order valence-electron chi connectivity index (χ3n) is 3.87. The molecule has 2 aromatic rings. The molecule has 4 heteroatoms. The second kappa shape index (κ2) is 4.99. The molecule has 2 unspecified atom stereocenters. The van der Waals surface area contributed by atoms with Crippen LogP contribution in [0.1, 0.15) is 30.1 Å². The van der Waals surface area contributed by atoms with Crippen molar-refractivity contribution in [3.8, 4) is 0 Å². The number of aromatic nitrogens is 1. The number of nitrogens with one attached hydrogen (secondary N) is 1. The fourth-order valence-corrected chi connectivity index (χ4v) is 3.16. The molecule has 19 heavy (non-hydrogen) atoms. The predicted molar refractivity (Wildman–Crippen MR) is 75.8 cm³/mol. The van der Waals surface area contributed by atoms with Crippen molar-refractivity contribution in [1.29, 1.82) is 0 Å². The summed E-state index contributed by atoms with van der Waals surface area (Å²) in [5, 5.41) is 1.45. The van der Waals surface area contributed by atoms with Crippen molar-refractivity contribution in [2.45, 2.75) is 25.9 Å². The summed E-state index contributed by atoms with van der Waals surface area (Å²) in [5.74, 6) is 0.101. The van der Waals surface area contributed by atoms with E-state index in [-0.39, 0.29) is 17.8 Å². The van der Waals surface area contributed by atoms with Gasteiger partial charge in [-0.3, -0.25) is 4.79 Å². The number of H-pyrrole nitrogens is 1. The number of hydrogen-bond donors (Lipinski definition) is 1. The molecular formula is C15H16ClNO2. The minimum atomic E-state index is -0.0414. The minimum absolute atomic E-state index is 0.0414. The monoisotopic (exact) mass is 277 g/mol. The molecule has 1 fully saturated rings. The number of halogens is 1. The van der Waals surface area contributed by atoms with Gasteiger partial charge < -0.3 is 9.72 Å². The first-order valence-corrected chi connectivity index (χ1v) is 7.01. The van der Waals surface area contributed by atoms with Crippen LogP contribution in [0.3, 0.4) is 0 Å². The summed E-state index contributed by atoms with van der Waals surface area (Å²) < 4.78 is 5.61. The van der Waals surface area contributed by atoms with E-state index in [2.05, 4.69) is 11.9 Å².